The summed E-state index contributed by atoms with van der Waals surface area (Å²) in [4.78, 5) is 10.1. The molecule has 0 atom stereocenters. The third kappa shape index (κ3) is 10.8. The van der Waals surface area contributed by atoms with Gasteiger partial charge in [-0.3, -0.25) is 0 Å². The Hall–Kier alpha value is -6.95. The number of azo groups is 2. The van der Waals surface area contributed by atoms with Gasteiger partial charge in [0.25, 0.3) is 0 Å². The fourth-order valence-electron chi connectivity index (χ4n) is 6.49. The molecular weight excluding hydrogens is 945 g/mol. The van der Waals surface area contributed by atoms with Crippen LogP contribution in [0, 0.1) is 13.8 Å². The molecule has 0 bridgehead atoms. The molecule has 66 heavy (non-hydrogen) atoms. The first kappa shape index (κ1) is 47.0. The highest BCUT2D eigenvalue weighted by atomic mass is 32.2. The highest BCUT2D eigenvalue weighted by Crippen LogP contribution is 2.36. The van der Waals surface area contributed by atoms with Crippen molar-refractivity contribution in [3.05, 3.63) is 108 Å². The van der Waals surface area contributed by atoms with Crippen LogP contribution in [0.4, 0.5) is 52.0 Å². The second-order valence-electron chi connectivity index (χ2n) is 14.0. The summed E-state index contributed by atoms with van der Waals surface area (Å²) in [6, 6.07) is 20.2. The Labute approximate surface area is 375 Å². The number of aromatic nitrogens is 3. The molecule has 7 aromatic rings. The van der Waals surface area contributed by atoms with Crippen LogP contribution in [0.3, 0.4) is 0 Å². The van der Waals surface area contributed by atoms with Gasteiger partial charge in [-0.25, -0.2) is 33.7 Å². The Morgan fingerprint density at radius 1 is 0.485 bits per heavy atom. The summed E-state index contributed by atoms with van der Waals surface area (Å²) in [6.07, 6.45) is 0. The number of rotatable bonds is 15. The maximum Gasteiger partial charge on any atom is 0.233 e. The zero-order chi connectivity index (χ0) is 47.8. The Balaban J connectivity index is 1.12. The predicted octanol–water partition coefficient (Wildman–Crippen LogP) is 6.13. The smallest absolute Gasteiger partial charge is 0.233 e. The van der Waals surface area contributed by atoms with Gasteiger partial charge in [-0.2, -0.15) is 35.4 Å². The molecule has 0 fully saturated rings. The number of nitrogens with zero attached hydrogens (tertiary/aromatic N) is 7. The third-order valence-electron chi connectivity index (χ3n) is 9.37. The predicted molar refractivity (Wildman–Crippen MR) is 232 cm³/mol. The summed E-state index contributed by atoms with van der Waals surface area (Å²) in [6.45, 7) is 3.17. The van der Waals surface area contributed by atoms with Gasteiger partial charge in [0.15, 0.2) is 0 Å². The lowest BCUT2D eigenvalue weighted by Crippen LogP contribution is -2.12. The molecule has 1 aromatic heterocycles. The minimum absolute atomic E-state index is 0.0401. The van der Waals surface area contributed by atoms with Gasteiger partial charge in [-0.1, -0.05) is 24.3 Å². The van der Waals surface area contributed by atoms with Crippen molar-refractivity contribution in [2.75, 3.05) is 29.1 Å². The van der Waals surface area contributed by atoms with Crippen LogP contribution in [0.25, 0.3) is 21.5 Å². The molecule has 0 aliphatic rings. The topological polar surface area (TPSA) is 373 Å². The number of aliphatic hydroxyl groups excluding tert-OH is 1. The molecular formula is C39H30N10O13S4-4. The van der Waals surface area contributed by atoms with Crippen LogP contribution < -0.4 is 16.0 Å². The van der Waals surface area contributed by atoms with Crippen molar-refractivity contribution < 1.29 is 57.0 Å². The molecule has 0 aliphatic heterocycles. The SMILES string of the molecule is Cc1cc(Nc2nc(NCCO)nc(Nc3ccc(N=Nc4cc(S(=O)(=O)[O-])c5cccc(S(=O)(=O)[O-])c5c4)c(C)c3)n2)ccc1N=Nc1cc(S(=O)(=O)[O-])c2cccc(S(=O)(=O)[O-])c2c1. The Kier molecular flexibility index (Phi) is 12.9. The summed E-state index contributed by atoms with van der Waals surface area (Å²) in [7, 11) is -20.4. The van der Waals surface area contributed by atoms with Crippen LogP contribution >= 0.6 is 0 Å². The summed E-state index contributed by atoms with van der Waals surface area (Å²) in [5, 5.41) is 33.5. The van der Waals surface area contributed by atoms with Gasteiger partial charge in [0, 0.05) is 39.5 Å². The van der Waals surface area contributed by atoms with E-state index in [1.807, 2.05) is 0 Å². The van der Waals surface area contributed by atoms with E-state index in [2.05, 4.69) is 51.4 Å². The van der Waals surface area contributed by atoms with Crippen molar-refractivity contribution in [2.24, 2.45) is 20.5 Å². The first-order valence-corrected chi connectivity index (χ1v) is 24.3. The van der Waals surface area contributed by atoms with E-state index in [1.165, 1.54) is 24.3 Å². The van der Waals surface area contributed by atoms with E-state index in [0.29, 0.717) is 22.5 Å². The Morgan fingerprint density at radius 2 is 0.879 bits per heavy atom. The van der Waals surface area contributed by atoms with Gasteiger partial charge in [-0.05, 0) is 97.8 Å². The number of anilines is 5. The zero-order valence-electron chi connectivity index (χ0n) is 33.8. The zero-order valence-corrected chi connectivity index (χ0v) is 37.0. The summed E-state index contributed by atoms with van der Waals surface area (Å²) in [5.41, 5.74) is 2.08. The van der Waals surface area contributed by atoms with E-state index < -0.39 is 60.1 Å². The van der Waals surface area contributed by atoms with Crippen LogP contribution in [0.5, 0.6) is 0 Å². The second-order valence-corrected chi connectivity index (χ2v) is 19.4. The second kappa shape index (κ2) is 18.1. The summed E-state index contributed by atoms with van der Waals surface area (Å²) in [5.74, 6) is 0.149. The molecule has 0 aliphatic carbocycles. The van der Waals surface area contributed by atoms with Crippen LogP contribution in [0.1, 0.15) is 11.1 Å². The monoisotopic (exact) mass is 974 g/mol. The number of fused-ring (bicyclic) bond motifs is 2. The molecule has 1 heterocycles. The molecule has 0 unspecified atom stereocenters. The van der Waals surface area contributed by atoms with E-state index >= 15 is 0 Å². The highest BCUT2D eigenvalue weighted by Gasteiger charge is 2.18. The van der Waals surface area contributed by atoms with Crippen molar-refractivity contribution in [3.8, 4) is 0 Å². The minimum Gasteiger partial charge on any atom is -0.744 e. The molecule has 4 N–H and O–H groups in total. The highest BCUT2D eigenvalue weighted by molar-refractivity contribution is 7.87. The number of hydrogen-bond acceptors (Lipinski definition) is 23. The Morgan fingerprint density at radius 3 is 1.24 bits per heavy atom. The van der Waals surface area contributed by atoms with E-state index in [0.717, 1.165) is 48.5 Å². The van der Waals surface area contributed by atoms with Gasteiger partial charge in [0.2, 0.25) is 17.8 Å². The average molecular weight is 975 g/mol. The normalized spacial score (nSPS) is 12.7. The molecule has 0 radical (unpaired) electrons. The third-order valence-corrected chi connectivity index (χ3v) is 12.9. The average Bonchev–Trinajstić information content (AvgIpc) is 3.22. The molecule has 6 aromatic carbocycles. The van der Waals surface area contributed by atoms with Crippen molar-refractivity contribution >= 4 is 114 Å². The van der Waals surface area contributed by atoms with E-state index in [1.54, 1.807) is 38.1 Å². The standard InChI is InChI=1S/C39H34N10O13S4/c1-21-15-23(9-11-31(21)48-46-25-17-29-27(35(19-25)65(57,58)59)5-3-7-33(29)63(51,52)53)41-38-43-37(40-13-14-50)44-39(45-38)42-24-10-12-32(22(2)16-24)49-47-26-18-30-28(36(20-26)66(60,61)62)6-4-8-34(30)64(54,55)56/h3-12,15-20,50H,13-14H2,1-2H3,(H,51,52,53)(H,54,55,56)(H,57,58,59)(H,60,61,62)(H3,40,41,42,43,44,45)/p-4. The molecule has 0 spiro atoms. The first-order chi connectivity index (χ1) is 31.0. The lowest BCUT2D eigenvalue weighted by Gasteiger charge is -2.15. The fourth-order valence-corrected chi connectivity index (χ4v) is 9.28. The maximum atomic E-state index is 12.1. The molecule has 27 heteroatoms. The lowest BCUT2D eigenvalue weighted by atomic mass is 10.1. The van der Waals surface area contributed by atoms with Crippen LogP contribution in [0.2, 0.25) is 0 Å². The van der Waals surface area contributed by atoms with Crippen molar-refractivity contribution in [3.63, 3.8) is 0 Å². The Bertz CT molecular complexity index is 3400. The maximum absolute atomic E-state index is 12.1. The minimum atomic E-state index is -5.14. The lowest BCUT2D eigenvalue weighted by molar-refractivity contribution is 0.310. The molecule has 0 saturated carbocycles. The molecule has 0 amide bonds. The van der Waals surface area contributed by atoms with Gasteiger partial charge < -0.3 is 39.3 Å². The number of benzene rings is 6. The van der Waals surface area contributed by atoms with Gasteiger partial charge in [0.05, 0.1) is 48.9 Å². The van der Waals surface area contributed by atoms with E-state index in [4.69, 9.17) is 0 Å². The van der Waals surface area contributed by atoms with E-state index in [-0.39, 0.29) is 75.3 Å². The summed E-state index contributed by atoms with van der Waals surface area (Å²) >= 11 is 0. The van der Waals surface area contributed by atoms with Gasteiger partial charge >= 0.3 is 0 Å². The van der Waals surface area contributed by atoms with Gasteiger partial charge in [-0.15, -0.1) is 0 Å². The van der Waals surface area contributed by atoms with Crippen LogP contribution in [-0.4, -0.2) is 85.1 Å². The van der Waals surface area contributed by atoms with Crippen LogP contribution in [0.15, 0.2) is 137 Å². The number of aryl methyl sites for hydroxylation is 2. The van der Waals surface area contributed by atoms with E-state index in [9.17, 15) is 57.0 Å². The quantitative estimate of drug-likeness (QED) is 0.0662. The molecule has 0 saturated heterocycles. The van der Waals surface area contributed by atoms with Crippen LogP contribution in [-0.2, 0) is 40.5 Å². The van der Waals surface area contributed by atoms with Gasteiger partial charge in [0.1, 0.15) is 40.5 Å². The largest absolute Gasteiger partial charge is 0.744 e. The van der Waals surface area contributed by atoms with Crippen molar-refractivity contribution in [1.82, 2.24) is 15.0 Å². The molecule has 23 nitrogen and oxygen atoms in total. The first-order valence-electron chi connectivity index (χ1n) is 18.6. The number of nitrogens with one attached hydrogen (secondary N) is 3. The number of hydrogen-bond donors (Lipinski definition) is 4. The molecule has 342 valence electrons. The molecule has 7 rings (SSSR count). The van der Waals surface area contributed by atoms with Crippen molar-refractivity contribution in [2.45, 2.75) is 33.4 Å². The van der Waals surface area contributed by atoms with Crippen molar-refractivity contribution in [1.29, 1.82) is 0 Å². The fraction of sp³-hybridized carbons (Fsp3) is 0.103. The number of aliphatic hydroxyl groups is 1. The summed E-state index contributed by atoms with van der Waals surface area (Å²) < 4.78 is 144.